The molecule has 0 saturated carbocycles. The summed E-state index contributed by atoms with van der Waals surface area (Å²) >= 11 is 0. The van der Waals surface area contributed by atoms with Crippen LogP contribution in [0.25, 0.3) is 10.9 Å². The maximum atomic E-state index is 12.3. The van der Waals surface area contributed by atoms with Gasteiger partial charge in [-0.1, -0.05) is 0 Å². The first-order valence-electron chi connectivity index (χ1n) is 6.80. The second-order valence-corrected chi connectivity index (χ2v) is 4.81. The summed E-state index contributed by atoms with van der Waals surface area (Å²) in [7, 11) is 1.65. The van der Waals surface area contributed by atoms with E-state index in [0.29, 0.717) is 24.5 Å². The quantitative estimate of drug-likeness (QED) is 0.648. The maximum Gasteiger partial charge on any atom is 0.307 e. The molecular weight excluding hydrogens is 270 g/mol. The zero-order valence-electron chi connectivity index (χ0n) is 12.2. The van der Waals surface area contributed by atoms with Crippen molar-refractivity contribution in [2.75, 3.05) is 25.9 Å². The molecule has 0 radical (unpaired) electrons. The third-order valence-corrected chi connectivity index (χ3v) is 3.18. The molecule has 1 heterocycles. The summed E-state index contributed by atoms with van der Waals surface area (Å²) in [5.41, 5.74) is 7.69. The van der Waals surface area contributed by atoms with Gasteiger partial charge in [0.1, 0.15) is 5.69 Å². The number of rotatable bonds is 5. The Balaban J connectivity index is 2.05. The van der Waals surface area contributed by atoms with Crippen LogP contribution < -0.4 is 5.73 Å². The number of ether oxygens (including phenoxy) is 1. The SMILES string of the molecule is CCOC(=O)CCN(C)C(=O)c1cc2cc(N)ccc2[nH]1. The molecule has 112 valence electrons. The van der Waals surface area contributed by atoms with Crippen LogP contribution in [0.4, 0.5) is 5.69 Å². The number of carbonyl (C=O) groups excluding carboxylic acids is 2. The van der Waals surface area contributed by atoms with Crippen molar-refractivity contribution in [3.8, 4) is 0 Å². The van der Waals surface area contributed by atoms with Crippen molar-refractivity contribution >= 4 is 28.5 Å². The molecule has 0 fully saturated rings. The van der Waals surface area contributed by atoms with Gasteiger partial charge in [0.2, 0.25) is 0 Å². The van der Waals surface area contributed by atoms with Crippen molar-refractivity contribution in [3.63, 3.8) is 0 Å². The Morgan fingerprint density at radius 2 is 2.10 bits per heavy atom. The number of carbonyl (C=O) groups is 2. The number of aromatic nitrogens is 1. The largest absolute Gasteiger partial charge is 0.466 e. The summed E-state index contributed by atoms with van der Waals surface area (Å²) in [6.07, 6.45) is 0.184. The van der Waals surface area contributed by atoms with Gasteiger partial charge in [-0.3, -0.25) is 9.59 Å². The summed E-state index contributed by atoms with van der Waals surface area (Å²) in [6, 6.07) is 7.17. The zero-order chi connectivity index (χ0) is 15.4. The van der Waals surface area contributed by atoms with Crippen molar-refractivity contribution < 1.29 is 14.3 Å². The van der Waals surface area contributed by atoms with Gasteiger partial charge in [-0.2, -0.15) is 0 Å². The number of nitrogens with two attached hydrogens (primary N) is 1. The lowest BCUT2D eigenvalue weighted by Gasteiger charge is -2.15. The van der Waals surface area contributed by atoms with Crippen LogP contribution in [0.3, 0.4) is 0 Å². The molecule has 1 amide bonds. The van der Waals surface area contributed by atoms with E-state index in [9.17, 15) is 9.59 Å². The number of amides is 1. The van der Waals surface area contributed by atoms with Gasteiger partial charge in [-0.15, -0.1) is 0 Å². The van der Waals surface area contributed by atoms with E-state index >= 15 is 0 Å². The lowest BCUT2D eigenvalue weighted by molar-refractivity contribution is -0.143. The molecule has 0 saturated heterocycles. The predicted molar refractivity (Wildman–Crippen MR) is 80.9 cm³/mol. The van der Waals surface area contributed by atoms with Crippen LogP contribution in [0.1, 0.15) is 23.8 Å². The van der Waals surface area contributed by atoms with E-state index in [1.54, 1.807) is 32.2 Å². The van der Waals surface area contributed by atoms with Crippen LogP contribution in [0, 0.1) is 0 Å². The highest BCUT2D eigenvalue weighted by molar-refractivity contribution is 5.98. The number of fused-ring (bicyclic) bond motifs is 1. The number of nitrogens with one attached hydrogen (secondary N) is 1. The van der Waals surface area contributed by atoms with Gasteiger partial charge in [-0.25, -0.2) is 0 Å². The lowest BCUT2D eigenvalue weighted by Crippen LogP contribution is -2.29. The Morgan fingerprint density at radius 1 is 1.33 bits per heavy atom. The Kier molecular flexibility index (Phi) is 4.47. The normalized spacial score (nSPS) is 10.6. The number of nitrogen functional groups attached to an aromatic ring is 1. The lowest BCUT2D eigenvalue weighted by atomic mass is 10.2. The van der Waals surface area contributed by atoms with Crippen LogP contribution in [-0.4, -0.2) is 42.0 Å². The molecule has 0 bridgehead atoms. The van der Waals surface area contributed by atoms with Gasteiger partial charge < -0.3 is 20.4 Å². The van der Waals surface area contributed by atoms with Crippen LogP contribution in [-0.2, 0) is 9.53 Å². The molecule has 2 rings (SSSR count). The summed E-state index contributed by atoms with van der Waals surface area (Å²) < 4.78 is 4.84. The van der Waals surface area contributed by atoms with Gasteiger partial charge in [0.05, 0.1) is 13.0 Å². The molecule has 0 spiro atoms. The van der Waals surface area contributed by atoms with Crippen molar-refractivity contribution in [1.29, 1.82) is 0 Å². The van der Waals surface area contributed by atoms with Crippen molar-refractivity contribution in [2.24, 2.45) is 0 Å². The molecule has 21 heavy (non-hydrogen) atoms. The van der Waals surface area contributed by atoms with Gasteiger partial charge in [-0.05, 0) is 31.2 Å². The molecule has 6 nitrogen and oxygen atoms in total. The highest BCUT2D eigenvalue weighted by Crippen LogP contribution is 2.19. The predicted octanol–water partition coefficient (Wildman–Crippen LogP) is 1.78. The van der Waals surface area contributed by atoms with E-state index in [4.69, 9.17) is 10.5 Å². The van der Waals surface area contributed by atoms with Crippen LogP contribution in [0.5, 0.6) is 0 Å². The highest BCUT2D eigenvalue weighted by Gasteiger charge is 2.15. The summed E-state index contributed by atoms with van der Waals surface area (Å²) in [5.74, 6) is -0.476. The molecule has 0 atom stereocenters. The summed E-state index contributed by atoms with van der Waals surface area (Å²) in [6.45, 7) is 2.41. The first-order chi connectivity index (χ1) is 10.0. The number of hydrogen-bond acceptors (Lipinski definition) is 4. The third-order valence-electron chi connectivity index (χ3n) is 3.18. The van der Waals surface area contributed by atoms with E-state index in [-0.39, 0.29) is 18.3 Å². The van der Waals surface area contributed by atoms with Crippen molar-refractivity contribution in [2.45, 2.75) is 13.3 Å². The summed E-state index contributed by atoms with van der Waals surface area (Å²) in [5, 5.41) is 0.886. The second-order valence-electron chi connectivity index (χ2n) is 4.81. The smallest absolute Gasteiger partial charge is 0.307 e. The van der Waals surface area contributed by atoms with Crippen LogP contribution >= 0.6 is 0 Å². The van der Waals surface area contributed by atoms with Gasteiger partial charge in [0.25, 0.3) is 5.91 Å². The standard InChI is InChI=1S/C15H19N3O3/c1-3-21-14(19)6-7-18(2)15(20)13-9-10-8-11(16)4-5-12(10)17-13/h4-5,8-9,17H,3,6-7,16H2,1-2H3. The number of hydrogen-bond donors (Lipinski definition) is 2. The molecule has 0 unspecified atom stereocenters. The van der Waals surface area contributed by atoms with Gasteiger partial charge >= 0.3 is 5.97 Å². The van der Waals surface area contributed by atoms with E-state index in [2.05, 4.69) is 4.98 Å². The average molecular weight is 289 g/mol. The minimum Gasteiger partial charge on any atom is -0.466 e. The Hall–Kier alpha value is -2.50. The maximum absolute atomic E-state index is 12.3. The van der Waals surface area contributed by atoms with Crippen LogP contribution in [0.15, 0.2) is 24.3 Å². The number of benzene rings is 1. The van der Waals surface area contributed by atoms with Crippen molar-refractivity contribution in [3.05, 3.63) is 30.0 Å². The fourth-order valence-corrected chi connectivity index (χ4v) is 2.07. The number of H-pyrrole nitrogens is 1. The molecule has 2 aromatic rings. The molecule has 3 N–H and O–H groups in total. The molecule has 0 aliphatic rings. The molecule has 6 heteroatoms. The molecular formula is C15H19N3O3. The van der Waals surface area contributed by atoms with Crippen LogP contribution in [0.2, 0.25) is 0 Å². The Labute approximate surface area is 122 Å². The van der Waals surface area contributed by atoms with E-state index in [1.807, 2.05) is 6.07 Å². The Morgan fingerprint density at radius 3 is 2.81 bits per heavy atom. The third kappa shape index (κ3) is 3.53. The highest BCUT2D eigenvalue weighted by atomic mass is 16.5. The van der Waals surface area contributed by atoms with Gasteiger partial charge in [0.15, 0.2) is 0 Å². The number of nitrogens with zero attached hydrogens (tertiary/aromatic N) is 1. The first kappa shape index (κ1) is 14.9. The van der Waals surface area contributed by atoms with Crippen molar-refractivity contribution in [1.82, 2.24) is 9.88 Å². The Bertz CT molecular complexity index is 663. The fraction of sp³-hybridized carbons (Fsp3) is 0.333. The molecule has 1 aromatic carbocycles. The number of anilines is 1. The zero-order valence-corrected chi connectivity index (χ0v) is 12.2. The molecule has 0 aliphatic carbocycles. The minimum absolute atomic E-state index is 0.172. The van der Waals surface area contributed by atoms with Gasteiger partial charge in [0, 0.05) is 30.2 Å². The molecule has 1 aromatic heterocycles. The average Bonchev–Trinajstić information content (AvgIpc) is 2.87. The topological polar surface area (TPSA) is 88.4 Å². The fourth-order valence-electron chi connectivity index (χ4n) is 2.07. The summed E-state index contributed by atoms with van der Waals surface area (Å²) in [4.78, 5) is 28.1. The first-order valence-corrected chi connectivity index (χ1v) is 6.80. The van der Waals surface area contributed by atoms with E-state index in [1.165, 1.54) is 4.90 Å². The monoisotopic (exact) mass is 289 g/mol. The second kappa shape index (κ2) is 6.30. The molecule has 0 aliphatic heterocycles. The minimum atomic E-state index is -0.304. The van der Waals surface area contributed by atoms with E-state index < -0.39 is 0 Å². The number of aromatic amines is 1. The number of esters is 1. The van der Waals surface area contributed by atoms with E-state index in [0.717, 1.165) is 10.9 Å².